The molecule has 4 heteroatoms. The highest BCUT2D eigenvalue weighted by molar-refractivity contribution is 7.62. The molecule has 4 aliphatic carbocycles. The molecule has 3 saturated carbocycles. The van der Waals surface area contributed by atoms with Crippen LogP contribution in [-0.4, -0.2) is 12.7 Å². The number of hydrogen-bond donors (Lipinski definition) is 0. The van der Waals surface area contributed by atoms with Gasteiger partial charge in [-0.05, 0) is 123 Å². The summed E-state index contributed by atoms with van der Waals surface area (Å²) in [4.78, 5) is 0. The van der Waals surface area contributed by atoms with Crippen molar-refractivity contribution in [2.75, 3.05) is 6.61 Å². The summed E-state index contributed by atoms with van der Waals surface area (Å²) in [6.45, 7) is 14.8. The normalized spacial score (nSPS) is 39.8. The van der Waals surface area contributed by atoms with Crippen molar-refractivity contribution < 1.29 is 13.6 Å². The fourth-order valence-corrected chi connectivity index (χ4v) is 11.5. The third-order valence-corrected chi connectivity index (χ3v) is 13.4. The van der Waals surface area contributed by atoms with Gasteiger partial charge < -0.3 is 9.05 Å². The molecular weight excluding hydrogens is 475 g/mol. The third kappa shape index (κ3) is 4.96. The van der Waals surface area contributed by atoms with Crippen LogP contribution >= 0.6 is 7.60 Å². The lowest BCUT2D eigenvalue weighted by Gasteiger charge is -2.58. The molecule has 0 N–H and O–H groups in total. The fraction of sp³-hybridized carbons (Fsp3) is 0.758. The van der Waals surface area contributed by atoms with Crippen molar-refractivity contribution in [3.8, 4) is 0 Å². The average molecular weight is 527 g/mol. The highest BCUT2D eigenvalue weighted by atomic mass is 31.2. The van der Waals surface area contributed by atoms with E-state index in [0.29, 0.717) is 17.3 Å². The molecule has 3 nitrogen and oxygen atoms in total. The monoisotopic (exact) mass is 526 g/mol. The first kappa shape index (κ1) is 27.7. The summed E-state index contributed by atoms with van der Waals surface area (Å²) in [6, 6.07) is 9.54. The molecule has 1 unspecified atom stereocenters. The van der Waals surface area contributed by atoms with Crippen molar-refractivity contribution in [1.29, 1.82) is 0 Å². The van der Waals surface area contributed by atoms with E-state index in [-0.39, 0.29) is 11.5 Å². The number of fused-ring (bicyclic) bond motifs is 5. The zero-order valence-corrected chi connectivity index (χ0v) is 25.1. The lowest BCUT2D eigenvalue weighted by Crippen LogP contribution is -2.51. The molecule has 5 rings (SSSR count). The van der Waals surface area contributed by atoms with Gasteiger partial charge in [-0.25, -0.2) is 0 Å². The largest absolute Gasteiger partial charge is 0.361 e. The zero-order valence-electron chi connectivity index (χ0n) is 24.2. The van der Waals surface area contributed by atoms with Gasteiger partial charge in [0, 0.05) is 0 Å². The molecule has 0 radical (unpaired) electrons. The molecular formula is C33H51O3P. The summed E-state index contributed by atoms with van der Waals surface area (Å²) in [6.07, 6.45) is 13.8. The molecule has 0 saturated heterocycles. The van der Waals surface area contributed by atoms with Crippen LogP contribution in [0, 0.1) is 46.3 Å². The van der Waals surface area contributed by atoms with Crippen LogP contribution in [0.1, 0.15) is 99.3 Å². The van der Waals surface area contributed by atoms with Crippen LogP contribution in [0.15, 0.2) is 42.0 Å². The molecule has 0 spiro atoms. The summed E-state index contributed by atoms with van der Waals surface area (Å²) in [5.74, 6) is 5.04. The van der Waals surface area contributed by atoms with Crippen molar-refractivity contribution in [2.45, 2.75) is 105 Å². The van der Waals surface area contributed by atoms with Crippen LogP contribution in [0.5, 0.6) is 0 Å². The van der Waals surface area contributed by atoms with Gasteiger partial charge in [-0.2, -0.15) is 0 Å². The van der Waals surface area contributed by atoms with Gasteiger partial charge in [-0.3, -0.25) is 4.57 Å². The summed E-state index contributed by atoms with van der Waals surface area (Å²) < 4.78 is 26.0. The van der Waals surface area contributed by atoms with Crippen LogP contribution < -0.4 is 5.30 Å². The highest BCUT2D eigenvalue weighted by Crippen LogP contribution is 2.67. The SMILES string of the molecule is CCOP(=O)(O[C@H]1CC[C@@]2(C)C(=CC[C@H]3[C@@H]4CC[C@H]([C@H](C)CC(C)C)[C@@]4(C)CC[C@@H]32)C1)c1ccccc1. The first-order valence-electron chi connectivity index (χ1n) is 15.3. The Labute approximate surface area is 226 Å². The number of allylic oxidation sites excluding steroid dienone is 1. The van der Waals surface area contributed by atoms with E-state index < -0.39 is 7.60 Å². The maximum absolute atomic E-state index is 13.8. The standard InChI is InChI=1S/C33H51O3P/c1-7-35-37(34,27-11-9-8-10-12-27)36-26-17-19-32(5)25(22-26)13-14-28-30-16-15-29(24(4)21-23(2)3)33(30,6)20-18-31(28)32/h8-13,23-24,26,28-31H,7,14-22H2,1-6H3/t24-,26+,28+,29-,30+,31+,32+,33-,37?/m1/s1. The second-order valence-electron chi connectivity index (χ2n) is 13.8. The van der Waals surface area contributed by atoms with Crippen LogP contribution in [0.3, 0.4) is 0 Å². The molecule has 0 aromatic heterocycles. The average Bonchev–Trinajstić information content (AvgIpc) is 3.22. The Morgan fingerprint density at radius 2 is 1.76 bits per heavy atom. The van der Waals surface area contributed by atoms with E-state index in [1.165, 1.54) is 38.5 Å². The van der Waals surface area contributed by atoms with Crippen LogP contribution in [0.2, 0.25) is 0 Å². The number of benzene rings is 1. The van der Waals surface area contributed by atoms with Gasteiger partial charge in [0.25, 0.3) is 0 Å². The summed E-state index contributed by atoms with van der Waals surface area (Å²) >= 11 is 0. The molecule has 4 aliphatic rings. The molecule has 0 heterocycles. The lowest BCUT2D eigenvalue weighted by atomic mass is 9.47. The highest BCUT2D eigenvalue weighted by Gasteiger charge is 2.59. The van der Waals surface area contributed by atoms with Gasteiger partial charge >= 0.3 is 7.60 Å². The van der Waals surface area contributed by atoms with E-state index in [9.17, 15) is 4.57 Å². The Morgan fingerprint density at radius 1 is 1.00 bits per heavy atom. The number of hydrogen-bond acceptors (Lipinski definition) is 3. The molecule has 0 bridgehead atoms. The lowest BCUT2D eigenvalue weighted by molar-refractivity contribution is -0.0568. The zero-order chi connectivity index (χ0) is 26.4. The Hall–Kier alpha value is -0.890. The van der Waals surface area contributed by atoms with E-state index in [1.807, 2.05) is 37.3 Å². The molecule has 37 heavy (non-hydrogen) atoms. The minimum absolute atomic E-state index is 0.0323. The van der Waals surface area contributed by atoms with Crippen molar-refractivity contribution in [1.82, 2.24) is 0 Å². The minimum Gasteiger partial charge on any atom is -0.305 e. The van der Waals surface area contributed by atoms with Crippen molar-refractivity contribution in [2.24, 2.45) is 46.3 Å². The van der Waals surface area contributed by atoms with E-state index in [1.54, 1.807) is 5.57 Å². The first-order chi connectivity index (χ1) is 17.6. The second-order valence-corrected chi connectivity index (χ2v) is 15.8. The van der Waals surface area contributed by atoms with Crippen molar-refractivity contribution >= 4 is 12.9 Å². The predicted molar refractivity (Wildman–Crippen MR) is 154 cm³/mol. The van der Waals surface area contributed by atoms with Crippen LogP contribution in [0.4, 0.5) is 0 Å². The quantitative estimate of drug-likeness (QED) is 0.250. The Balaban J connectivity index is 1.32. The smallest absolute Gasteiger partial charge is 0.305 e. The molecule has 206 valence electrons. The van der Waals surface area contributed by atoms with E-state index >= 15 is 0 Å². The molecule has 3 fully saturated rings. The maximum Gasteiger partial charge on any atom is 0.361 e. The molecule has 9 atom stereocenters. The minimum atomic E-state index is -3.32. The van der Waals surface area contributed by atoms with Gasteiger partial charge in [-0.1, -0.05) is 64.5 Å². The van der Waals surface area contributed by atoms with Gasteiger partial charge in [0.1, 0.15) is 0 Å². The number of rotatable bonds is 8. The van der Waals surface area contributed by atoms with E-state index in [2.05, 4.69) is 40.7 Å². The van der Waals surface area contributed by atoms with Gasteiger partial charge in [0.05, 0.1) is 18.0 Å². The summed E-state index contributed by atoms with van der Waals surface area (Å²) in [5, 5.41) is 0.678. The second kappa shape index (κ2) is 10.6. The third-order valence-electron chi connectivity index (χ3n) is 11.3. The summed E-state index contributed by atoms with van der Waals surface area (Å²) in [5.41, 5.74) is 2.37. The predicted octanol–water partition coefficient (Wildman–Crippen LogP) is 9.19. The van der Waals surface area contributed by atoms with Gasteiger partial charge in [0.15, 0.2) is 0 Å². The van der Waals surface area contributed by atoms with E-state index in [4.69, 9.17) is 9.05 Å². The van der Waals surface area contributed by atoms with Gasteiger partial charge in [0.2, 0.25) is 0 Å². The van der Waals surface area contributed by atoms with Crippen LogP contribution in [-0.2, 0) is 13.6 Å². The van der Waals surface area contributed by atoms with Crippen molar-refractivity contribution in [3.63, 3.8) is 0 Å². The molecule has 0 amide bonds. The Kier molecular flexibility index (Phi) is 7.92. The Bertz CT molecular complexity index is 1020. The Morgan fingerprint density at radius 3 is 2.46 bits per heavy atom. The maximum atomic E-state index is 13.8. The molecule has 0 aliphatic heterocycles. The topological polar surface area (TPSA) is 35.5 Å². The summed E-state index contributed by atoms with van der Waals surface area (Å²) in [7, 11) is -3.32. The molecule has 1 aromatic rings. The van der Waals surface area contributed by atoms with Gasteiger partial charge in [-0.15, -0.1) is 0 Å². The fourth-order valence-electron chi connectivity index (χ4n) is 9.74. The van der Waals surface area contributed by atoms with E-state index in [0.717, 1.165) is 54.8 Å². The van der Waals surface area contributed by atoms with Crippen molar-refractivity contribution in [3.05, 3.63) is 42.0 Å². The first-order valence-corrected chi connectivity index (χ1v) is 16.8. The van der Waals surface area contributed by atoms with Crippen LogP contribution in [0.25, 0.3) is 0 Å². The molecule has 1 aromatic carbocycles.